The first-order valence-corrected chi connectivity index (χ1v) is 7.55. The number of esters is 1. The zero-order chi connectivity index (χ0) is 16.7. The largest absolute Gasteiger partial charge is 0.465 e. The zero-order valence-electron chi connectivity index (χ0n) is 13.3. The van der Waals surface area contributed by atoms with Crippen LogP contribution in [-0.2, 0) is 20.7 Å². The summed E-state index contributed by atoms with van der Waals surface area (Å²) in [5, 5.41) is 2.69. The summed E-state index contributed by atoms with van der Waals surface area (Å²) in [5.74, 6) is -1.41. The lowest BCUT2D eigenvalue weighted by Crippen LogP contribution is -2.33. The second kappa shape index (κ2) is 8.08. The van der Waals surface area contributed by atoms with Crippen molar-refractivity contribution in [3.63, 3.8) is 0 Å². The van der Waals surface area contributed by atoms with E-state index in [0.29, 0.717) is 5.82 Å². The fourth-order valence-electron chi connectivity index (χ4n) is 2.20. The lowest BCUT2D eigenvalue weighted by atomic mass is 9.98. The molecule has 1 atom stereocenters. The summed E-state index contributed by atoms with van der Waals surface area (Å²) in [6.07, 6.45) is 0.289. The molecule has 0 fully saturated rings. The van der Waals surface area contributed by atoms with Crippen molar-refractivity contribution in [3.05, 3.63) is 59.8 Å². The van der Waals surface area contributed by atoms with Gasteiger partial charge in [0.05, 0.1) is 6.61 Å². The Bertz CT molecular complexity index is 671. The highest BCUT2D eigenvalue weighted by Gasteiger charge is 2.28. The second-order valence-electron chi connectivity index (χ2n) is 5.15. The van der Waals surface area contributed by atoms with Crippen LogP contribution in [0.1, 0.15) is 18.2 Å². The van der Waals surface area contributed by atoms with Gasteiger partial charge in [-0.3, -0.25) is 9.59 Å². The van der Waals surface area contributed by atoms with Gasteiger partial charge in [-0.1, -0.05) is 36.4 Å². The molecule has 0 saturated heterocycles. The molecule has 1 heterocycles. The van der Waals surface area contributed by atoms with Gasteiger partial charge >= 0.3 is 5.97 Å². The number of hydrogen-bond donors (Lipinski definition) is 1. The number of aryl methyl sites for hydroxylation is 1. The Balaban J connectivity index is 2.15. The molecule has 1 amide bonds. The number of aromatic nitrogens is 1. The van der Waals surface area contributed by atoms with Gasteiger partial charge in [0, 0.05) is 5.69 Å². The van der Waals surface area contributed by atoms with Crippen molar-refractivity contribution in [2.75, 3.05) is 11.9 Å². The highest BCUT2D eigenvalue weighted by atomic mass is 16.5. The summed E-state index contributed by atoms with van der Waals surface area (Å²) in [5.41, 5.74) is 1.69. The highest BCUT2D eigenvalue weighted by Crippen LogP contribution is 2.14. The van der Waals surface area contributed by atoms with Crippen LogP contribution in [0.3, 0.4) is 0 Å². The molecule has 23 heavy (non-hydrogen) atoms. The van der Waals surface area contributed by atoms with Gasteiger partial charge in [0.2, 0.25) is 5.91 Å². The molecule has 0 radical (unpaired) electrons. The number of carbonyl (C=O) groups excluding carboxylic acids is 2. The minimum Gasteiger partial charge on any atom is -0.465 e. The Kier molecular flexibility index (Phi) is 5.86. The van der Waals surface area contributed by atoms with E-state index < -0.39 is 17.8 Å². The molecule has 120 valence electrons. The molecular weight excluding hydrogens is 292 g/mol. The van der Waals surface area contributed by atoms with E-state index in [-0.39, 0.29) is 13.0 Å². The Labute approximate surface area is 135 Å². The van der Waals surface area contributed by atoms with Crippen molar-refractivity contribution in [1.29, 1.82) is 0 Å². The molecule has 0 aliphatic rings. The molecule has 2 rings (SSSR count). The maximum absolute atomic E-state index is 12.5. The first-order chi connectivity index (χ1) is 11.1. The van der Waals surface area contributed by atoms with Gasteiger partial charge in [-0.2, -0.15) is 0 Å². The van der Waals surface area contributed by atoms with E-state index in [2.05, 4.69) is 10.3 Å². The predicted octanol–water partition coefficient (Wildman–Crippen LogP) is 2.75. The average molecular weight is 312 g/mol. The van der Waals surface area contributed by atoms with E-state index in [4.69, 9.17) is 4.74 Å². The average Bonchev–Trinajstić information content (AvgIpc) is 2.53. The number of hydrogen-bond acceptors (Lipinski definition) is 4. The van der Waals surface area contributed by atoms with Gasteiger partial charge in [-0.05, 0) is 38.0 Å². The molecule has 0 aliphatic carbocycles. The summed E-state index contributed by atoms with van der Waals surface area (Å²) in [7, 11) is 0. The molecule has 5 heteroatoms. The summed E-state index contributed by atoms with van der Waals surface area (Å²) in [6.45, 7) is 3.79. The van der Waals surface area contributed by atoms with Crippen molar-refractivity contribution in [3.8, 4) is 0 Å². The number of amides is 1. The molecule has 1 N–H and O–H groups in total. The second-order valence-corrected chi connectivity index (χ2v) is 5.15. The number of rotatable bonds is 6. The SMILES string of the molecule is CCOC(=O)C(Cc1ccccc1)C(=O)Nc1cccc(C)n1. The van der Waals surface area contributed by atoms with E-state index >= 15 is 0 Å². The Hall–Kier alpha value is -2.69. The van der Waals surface area contributed by atoms with Crippen LogP contribution in [0.15, 0.2) is 48.5 Å². The molecule has 0 bridgehead atoms. The third kappa shape index (κ3) is 4.92. The predicted molar refractivity (Wildman–Crippen MR) is 87.9 cm³/mol. The minimum absolute atomic E-state index is 0.236. The zero-order valence-corrected chi connectivity index (χ0v) is 13.3. The number of nitrogens with one attached hydrogen (secondary N) is 1. The summed E-state index contributed by atoms with van der Waals surface area (Å²) < 4.78 is 5.04. The van der Waals surface area contributed by atoms with E-state index in [1.807, 2.05) is 43.3 Å². The minimum atomic E-state index is -0.903. The quantitative estimate of drug-likeness (QED) is 0.658. The summed E-state index contributed by atoms with van der Waals surface area (Å²) in [4.78, 5) is 28.9. The molecule has 5 nitrogen and oxygen atoms in total. The van der Waals surface area contributed by atoms with Crippen LogP contribution in [0.4, 0.5) is 5.82 Å². The van der Waals surface area contributed by atoms with Crippen molar-refractivity contribution in [2.45, 2.75) is 20.3 Å². The first kappa shape index (κ1) is 16.7. The standard InChI is InChI=1S/C18H20N2O3/c1-3-23-18(22)15(12-14-9-5-4-6-10-14)17(21)20-16-11-7-8-13(2)19-16/h4-11,15H,3,12H2,1-2H3,(H,19,20,21). The number of pyridine rings is 1. The molecule has 2 aromatic rings. The topological polar surface area (TPSA) is 68.3 Å². The van der Waals surface area contributed by atoms with Gasteiger partial charge in [0.1, 0.15) is 11.7 Å². The molecule has 1 unspecified atom stereocenters. The third-order valence-corrected chi connectivity index (χ3v) is 3.31. The van der Waals surface area contributed by atoms with E-state index in [0.717, 1.165) is 11.3 Å². The smallest absolute Gasteiger partial charge is 0.318 e. The van der Waals surface area contributed by atoms with Crippen LogP contribution in [0.2, 0.25) is 0 Å². The molecule has 0 spiro atoms. The molecule has 1 aromatic heterocycles. The fraction of sp³-hybridized carbons (Fsp3) is 0.278. The number of ether oxygens (including phenoxy) is 1. The van der Waals surface area contributed by atoms with Gasteiger partial charge in [-0.25, -0.2) is 4.98 Å². The highest BCUT2D eigenvalue weighted by molar-refractivity contribution is 6.04. The van der Waals surface area contributed by atoms with Crippen molar-refractivity contribution >= 4 is 17.7 Å². The Morgan fingerprint density at radius 2 is 1.87 bits per heavy atom. The number of carbonyl (C=O) groups is 2. The lowest BCUT2D eigenvalue weighted by molar-refractivity contribution is -0.150. The van der Waals surface area contributed by atoms with Crippen LogP contribution >= 0.6 is 0 Å². The molecule has 0 aliphatic heterocycles. The third-order valence-electron chi connectivity index (χ3n) is 3.31. The van der Waals surface area contributed by atoms with Crippen LogP contribution < -0.4 is 5.32 Å². The van der Waals surface area contributed by atoms with Gasteiger partial charge in [-0.15, -0.1) is 0 Å². The van der Waals surface area contributed by atoms with Crippen molar-refractivity contribution in [1.82, 2.24) is 4.98 Å². The maximum Gasteiger partial charge on any atom is 0.318 e. The van der Waals surface area contributed by atoms with Gasteiger partial charge < -0.3 is 10.1 Å². The van der Waals surface area contributed by atoms with Crippen LogP contribution in [0, 0.1) is 12.8 Å². The van der Waals surface area contributed by atoms with Gasteiger partial charge in [0.25, 0.3) is 0 Å². The van der Waals surface area contributed by atoms with Crippen molar-refractivity contribution < 1.29 is 14.3 Å². The fourth-order valence-corrected chi connectivity index (χ4v) is 2.20. The Morgan fingerprint density at radius 1 is 1.13 bits per heavy atom. The molecular formula is C18H20N2O3. The van der Waals surface area contributed by atoms with Crippen LogP contribution in [0.25, 0.3) is 0 Å². The lowest BCUT2D eigenvalue weighted by Gasteiger charge is -2.15. The molecule has 0 saturated carbocycles. The summed E-state index contributed by atoms with van der Waals surface area (Å²) >= 11 is 0. The van der Waals surface area contributed by atoms with Crippen molar-refractivity contribution in [2.24, 2.45) is 5.92 Å². The van der Waals surface area contributed by atoms with E-state index in [9.17, 15) is 9.59 Å². The van der Waals surface area contributed by atoms with E-state index in [1.54, 1.807) is 19.1 Å². The number of benzene rings is 1. The number of nitrogens with zero attached hydrogens (tertiary/aromatic N) is 1. The van der Waals surface area contributed by atoms with Gasteiger partial charge in [0.15, 0.2) is 0 Å². The normalized spacial score (nSPS) is 11.6. The first-order valence-electron chi connectivity index (χ1n) is 7.55. The monoisotopic (exact) mass is 312 g/mol. The summed E-state index contributed by atoms with van der Waals surface area (Å²) in [6, 6.07) is 14.7. The number of anilines is 1. The van der Waals surface area contributed by atoms with Crippen LogP contribution in [0.5, 0.6) is 0 Å². The maximum atomic E-state index is 12.5. The van der Waals surface area contributed by atoms with E-state index in [1.165, 1.54) is 0 Å². The Morgan fingerprint density at radius 3 is 2.52 bits per heavy atom. The molecule has 1 aromatic carbocycles. The van der Waals surface area contributed by atoms with Crippen LogP contribution in [-0.4, -0.2) is 23.5 Å².